The van der Waals surface area contributed by atoms with Crippen LogP contribution in [0.3, 0.4) is 0 Å². The third kappa shape index (κ3) is 2.47. The monoisotopic (exact) mass is 245 g/mol. The summed E-state index contributed by atoms with van der Waals surface area (Å²) in [5.74, 6) is 0.773. The lowest BCUT2D eigenvalue weighted by atomic mass is 10.2. The van der Waals surface area contributed by atoms with Crippen LogP contribution in [0, 0.1) is 11.3 Å². The fourth-order valence-electron chi connectivity index (χ4n) is 1.25. The molecular weight excluding hydrogens is 238 g/mol. The Kier molecular flexibility index (Phi) is 3.12. The van der Waals surface area contributed by atoms with E-state index in [9.17, 15) is 0 Å². The van der Waals surface area contributed by atoms with E-state index in [0.717, 1.165) is 0 Å². The third-order valence-electron chi connectivity index (χ3n) is 2.10. The maximum atomic E-state index is 8.81. The lowest BCUT2D eigenvalue weighted by molar-refractivity contribution is 0.465. The summed E-state index contributed by atoms with van der Waals surface area (Å²) in [6, 6.07) is 10.3. The Morgan fingerprint density at radius 1 is 1.24 bits per heavy atom. The smallest absolute Gasteiger partial charge is 0.244 e. The minimum absolute atomic E-state index is 0.214. The van der Waals surface area contributed by atoms with Gasteiger partial charge in [-0.3, -0.25) is 0 Å². The van der Waals surface area contributed by atoms with Gasteiger partial charge < -0.3 is 10.5 Å². The molecule has 1 heterocycles. The van der Waals surface area contributed by atoms with Crippen LogP contribution in [0.2, 0.25) is 5.02 Å². The van der Waals surface area contributed by atoms with E-state index < -0.39 is 0 Å². The SMILES string of the molecule is N#Cc1ccnc(Oc2ccc(Cl)cc2)c1N. The molecule has 0 saturated heterocycles. The molecule has 0 atom stereocenters. The van der Waals surface area contributed by atoms with Gasteiger partial charge in [0.2, 0.25) is 5.88 Å². The van der Waals surface area contributed by atoms with Crippen molar-refractivity contribution in [1.82, 2.24) is 4.98 Å². The van der Waals surface area contributed by atoms with Gasteiger partial charge in [-0.2, -0.15) is 5.26 Å². The van der Waals surface area contributed by atoms with Crippen LogP contribution in [0.5, 0.6) is 11.6 Å². The summed E-state index contributed by atoms with van der Waals surface area (Å²) in [4.78, 5) is 3.97. The first-order chi connectivity index (χ1) is 8.20. The number of benzene rings is 1. The van der Waals surface area contributed by atoms with Crippen molar-refractivity contribution in [1.29, 1.82) is 5.26 Å². The van der Waals surface area contributed by atoms with Gasteiger partial charge in [-0.15, -0.1) is 0 Å². The van der Waals surface area contributed by atoms with Gasteiger partial charge in [0.15, 0.2) is 0 Å². The number of halogens is 1. The molecule has 1 aromatic carbocycles. The molecule has 0 saturated carbocycles. The maximum absolute atomic E-state index is 8.81. The van der Waals surface area contributed by atoms with E-state index >= 15 is 0 Å². The van der Waals surface area contributed by atoms with Gasteiger partial charge >= 0.3 is 0 Å². The number of hydrogen-bond acceptors (Lipinski definition) is 4. The molecule has 0 amide bonds. The molecule has 17 heavy (non-hydrogen) atoms. The van der Waals surface area contributed by atoms with Crippen LogP contribution in [-0.2, 0) is 0 Å². The minimum atomic E-state index is 0.214. The van der Waals surface area contributed by atoms with Gasteiger partial charge in [0, 0.05) is 11.2 Å². The van der Waals surface area contributed by atoms with Crippen molar-refractivity contribution >= 4 is 17.3 Å². The molecule has 0 aliphatic carbocycles. The predicted octanol–water partition coefficient (Wildman–Crippen LogP) is 2.98. The molecule has 4 nitrogen and oxygen atoms in total. The molecule has 0 fully saturated rings. The summed E-state index contributed by atoms with van der Waals surface area (Å²) in [6.45, 7) is 0. The number of nitrogens with zero attached hydrogens (tertiary/aromatic N) is 2. The zero-order valence-electron chi connectivity index (χ0n) is 8.72. The van der Waals surface area contributed by atoms with E-state index in [1.54, 1.807) is 24.3 Å². The first-order valence-corrected chi connectivity index (χ1v) is 5.16. The largest absolute Gasteiger partial charge is 0.437 e. The van der Waals surface area contributed by atoms with Gasteiger partial charge in [0.05, 0.1) is 5.56 Å². The highest BCUT2D eigenvalue weighted by molar-refractivity contribution is 6.30. The molecule has 2 rings (SSSR count). The average molecular weight is 246 g/mol. The summed E-state index contributed by atoms with van der Waals surface area (Å²) in [6.07, 6.45) is 1.47. The van der Waals surface area contributed by atoms with E-state index in [-0.39, 0.29) is 11.6 Å². The fourth-order valence-corrected chi connectivity index (χ4v) is 1.37. The fraction of sp³-hybridized carbons (Fsp3) is 0. The molecule has 0 radical (unpaired) electrons. The van der Waals surface area contributed by atoms with E-state index in [1.165, 1.54) is 12.3 Å². The van der Waals surface area contributed by atoms with E-state index in [2.05, 4.69) is 4.98 Å². The Bertz CT molecular complexity index is 575. The third-order valence-corrected chi connectivity index (χ3v) is 2.35. The number of aromatic nitrogens is 1. The van der Waals surface area contributed by atoms with Gasteiger partial charge in [0.1, 0.15) is 17.5 Å². The van der Waals surface area contributed by atoms with E-state index in [4.69, 9.17) is 27.3 Å². The number of nitriles is 1. The van der Waals surface area contributed by atoms with Crippen molar-refractivity contribution in [2.45, 2.75) is 0 Å². The predicted molar refractivity (Wildman–Crippen MR) is 64.9 cm³/mol. The zero-order valence-corrected chi connectivity index (χ0v) is 9.48. The second-order valence-corrected chi connectivity index (χ2v) is 3.68. The number of pyridine rings is 1. The molecule has 0 spiro atoms. The second kappa shape index (κ2) is 4.73. The summed E-state index contributed by atoms with van der Waals surface area (Å²) in [7, 11) is 0. The van der Waals surface area contributed by atoms with Crippen molar-refractivity contribution in [3.63, 3.8) is 0 Å². The summed E-state index contributed by atoms with van der Waals surface area (Å²) in [5, 5.41) is 9.43. The van der Waals surface area contributed by atoms with Gasteiger partial charge in [-0.1, -0.05) is 11.6 Å². The Hall–Kier alpha value is -2.25. The molecule has 0 bridgehead atoms. The molecule has 0 unspecified atom stereocenters. The van der Waals surface area contributed by atoms with Crippen LogP contribution in [-0.4, -0.2) is 4.98 Å². The molecule has 5 heteroatoms. The summed E-state index contributed by atoms with van der Waals surface area (Å²) >= 11 is 5.75. The topological polar surface area (TPSA) is 71.9 Å². The number of nitrogens with two attached hydrogens (primary N) is 1. The molecule has 0 aliphatic rings. The molecule has 2 N–H and O–H groups in total. The Morgan fingerprint density at radius 2 is 1.94 bits per heavy atom. The second-order valence-electron chi connectivity index (χ2n) is 3.25. The molecule has 1 aromatic heterocycles. The quantitative estimate of drug-likeness (QED) is 0.883. The number of ether oxygens (including phenoxy) is 1. The zero-order chi connectivity index (χ0) is 12.3. The Morgan fingerprint density at radius 3 is 2.59 bits per heavy atom. The van der Waals surface area contributed by atoms with Crippen molar-refractivity contribution in [2.75, 3.05) is 5.73 Å². The summed E-state index contributed by atoms with van der Waals surface area (Å²) in [5.41, 5.74) is 6.30. The number of hydrogen-bond donors (Lipinski definition) is 1. The number of anilines is 1. The first kappa shape index (κ1) is 11.2. The number of nitrogen functional groups attached to an aromatic ring is 1. The lowest BCUT2D eigenvalue weighted by Crippen LogP contribution is -1.97. The standard InChI is InChI=1S/C12H8ClN3O/c13-9-1-3-10(4-2-9)17-12-11(15)8(7-14)5-6-16-12/h1-6H,15H2. The highest BCUT2D eigenvalue weighted by atomic mass is 35.5. The van der Waals surface area contributed by atoms with Crippen LogP contribution in [0.4, 0.5) is 5.69 Å². The van der Waals surface area contributed by atoms with Crippen molar-refractivity contribution in [2.24, 2.45) is 0 Å². The first-order valence-electron chi connectivity index (χ1n) is 4.78. The Balaban J connectivity index is 2.31. The van der Waals surface area contributed by atoms with Crippen LogP contribution >= 0.6 is 11.6 Å². The average Bonchev–Trinajstić information content (AvgIpc) is 2.35. The van der Waals surface area contributed by atoms with Crippen LogP contribution < -0.4 is 10.5 Å². The highest BCUT2D eigenvalue weighted by Crippen LogP contribution is 2.27. The van der Waals surface area contributed by atoms with Crippen LogP contribution in [0.25, 0.3) is 0 Å². The summed E-state index contributed by atoms with van der Waals surface area (Å²) < 4.78 is 5.46. The van der Waals surface area contributed by atoms with Crippen molar-refractivity contribution in [3.05, 3.63) is 47.1 Å². The lowest BCUT2D eigenvalue weighted by Gasteiger charge is -2.07. The van der Waals surface area contributed by atoms with E-state index in [1.807, 2.05) is 6.07 Å². The van der Waals surface area contributed by atoms with Crippen molar-refractivity contribution in [3.8, 4) is 17.7 Å². The van der Waals surface area contributed by atoms with Crippen LogP contribution in [0.1, 0.15) is 5.56 Å². The van der Waals surface area contributed by atoms with Gasteiger partial charge in [-0.05, 0) is 30.3 Å². The van der Waals surface area contributed by atoms with E-state index in [0.29, 0.717) is 16.3 Å². The normalized spacial score (nSPS) is 9.65. The molecule has 2 aromatic rings. The molecule has 84 valence electrons. The molecule has 0 aliphatic heterocycles. The molecular formula is C12H8ClN3O. The highest BCUT2D eigenvalue weighted by Gasteiger charge is 2.07. The Labute approximate surface area is 103 Å². The van der Waals surface area contributed by atoms with Crippen molar-refractivity contribution < 1.29 is 4.74 Å². The van der Waals surface area contributed by atoms with Gasteiger partial charge in [-0.25, -0.2) is 4.98 Å². The number of rotatable bonds is 2. The van der Waals surface area contributed by atoms with Gasteiger partial charge in [0.25, 0.3) is 0 Å². The minimum Gasteiger partial charge on any atom is -0.437 e. The maximum Gasteiger partial charge on any atom is 0.244 e. The van der Waals surface area contributed by atoms with Crippen LogP contribution in [0.15, 0.2) is 36.5 Å².